The number of fused-ring (bicyclic) bond motifs is 5. The number of amides is 1. The average molecular weight is 549 g/mol. The largest absolute Gasteiger partial charge is 0.446 e. The molecule has 5 rings (SSSR count). The first-order valence-corrected chi connectivity index (χ1v) is 16.6. The number of hydrogen-bond donors (Lipinski definition) is 2. The van der Waals surface area contributed by atoms with Gasteiger partial charge in [0.25, 0.3) is 0 Å². The van der Waals surface area contributed by atoms with Crippen LogP contribution in [0.3, 0.4) is 0 Å². The van der Waals surface area contributed by atoms with Gasteiger partial charge < -0.3 is 15.8 Å². The van der Waals surface area contributed by atoms with E-state index >= 15 is 0 Å². The van der Waals surface area contributed by atoms with Gasteiger partial charge in [0.05, 0.1) is 0 Å². The van der Waals surface area contributed by atoms with Gasteiger partial charge in [0.2, 0.25) is 0 Å². The molecule has 1 amide bonds. The minimum Gasteiger partial charge on any atom is -0.446 e. The van der Waals surface area contributed by atoms with Crippen molar-refractivity contribution in [2.75, 3.05) is 12.3 Å². The normalized spacial score (nSPS) is 35.8. The summed E-state index contributed by atoms with van der Waals surface area (Å²) in [6.07, 6.45) is 17.3. The van der Waals surface area contributed by atoms with Gasteiger partial charge in [-0.1, -0.05) is 77.7 Å². The van der Waals surface area contributed by atoms with Crippen molar-refractivity contribution in [2.45, 2.75) is 118 Å². The molecule has 0 aromatic heterocycles. The van der Waals surface area contributed by atoms with E-state index in [9.17, 15) is 4.79 Å². The molecule has 40 heavy (non-hydrogen) atoms. The van der Waals surface area contributed by atoms with Crippen molar-refractivity contribution in [2.24, 2.45) is 46.3 Å². The highest BCUT2D eigenvalue weighted by molar-refractivity contribution is 5.67. The monoisotopic (exact) mass is 548 g/mol. The lowest BCUT2D eigenvalue weighted by molar-refractivity contribution is -0.0581. The SMILES string of the molecule is CC(C)CCC[C@@H](C)C1CCC2C3CC=C4C[C@H](OC(=O)NCCc5ccc(N)cc5)CCC4(C)C3CCC21C. The number of rotatable bonds is 9. The number of carbonyl (C=O) groups excluding carboxylic acids is 1. The molecule has 0 bridgehead atoms. The fraction of sp³-hybridized carbons (Fsp3) is 0.750. The summed E-state index contributed by atoms with van der Waals surface area (Å²) in [5.74, 6) is 5.13. The maximum absolute atomic E-state index is 12.6. The highest BCUT2D eigenvalue weighted by Crippen LogP contribution is 2.67. The molecular weight excluding hydrogens is 492 g/mol. The van der Waals surface area contributed by atoms with E-state index in [0.717, 1.165) is 66.9 Å². The van der Waals surface area contributed by atoms with Gasteiger partial charge in [-0.05, 0) is 115 Å². The maximum Gasteiger partial charge on any atom is 0.407 e. The molecule has 0 spiro atoms. The zero-order chi connectivity index (χ0) is 28.5. The van der Waals surface area contributed by atoms with Crippen LogP contribution in [0.2, 0.25) is 0 Å². The Labute approximate surface area is 244 Å². The quantitative estimate of drug-likeness (QED) is 0.239. The summed E-state index contributed by atoms with van der Waals surface area (Å²) in [4.78, 5) is 12.6. The van der Waals surface area contributed by atoms with Crippen molar-refractivity contribution in [3.63, 3.8) is 0 Å². The Hall–Kier alpha value is -1.97. The Bertz CT molecular complexity index is 1050. The Morgan fingerprint density at radius 1 is 1.02 bits per heavy atom. The van der Waals surface area contributed by atoms with E-state index in [0.29, 0.717) is 12.0 Å². The van der Waals surface area contributed by atoms with Gasteiger partial charge in [-0.15, -0.1) is 0 Å². The smallest absolute Gasteiger partial charge is 0.407 e. The van der Waals surface area contributed by atoms with Gasteiger partial charge in [0.1, 0.15) is 6.10 Å². The topological polar surface area (TPSA) is 64.3 Å². The van der Waals surface area contributed by atoms with E-state index < -0.39 is 0 Å². The van der Waals surface area contributed by atoms with Crippen molar-refractivity contribution in [1.82, 2.24) is 5.32 Å². The maximum atomic E-state index is 12.6. The molecule has 4 aliphatic rings. The average Bonchev–Trinajstić information content (AvgIpc) is 3.27. The second kappa shape index (κ2) is 12.1. The number of alkyl carbamates (subject to hydrolysis) is 1. The van der Waals surface area contributed by atoms with E-state index in [1.807, 2.05) is 24.3 Å². The Morgan fingerprint density at radius 3 is 2.55 bits per heavy atom. The Balaban J connectivity index is 1.15. The van der Waals surface area contributed by atoms with Gasteiger partial charge in [-0.3, -0.25) is 0 Å². The van der Waals surface area contributed by atoms with Crippen molar-refractivity contribution in [3.05, 3.63) is 41.5 Å². The standard InChI is InChI=1S/C36H56N2O2/c1-24(2)7-6-8-25(3)31-15-16-32-30-14-11-27-23-29(17-20-35(27,4)33(30)18-21-36(31,32)5)40-34(39)38-22-19-26-9-12-28(37)13-10-26/h9-13,24-25,29-33H,6-8,14-23,37H2,1-5H3,(H,38,39)/t25-,29-,30?,31?,32?,33?,35?,36?/m1/s1. The van der Waals surface area contributed by atoms with E-state index in [1.165, 1.54) is 56.9 Å². The predicted octanol–water partition coefficient (Wildman–Crippen LogP) is 8.95. The van der Waals surface area contributed by atoms with Gasteiger partial charge in [-0.25, -0.2) is 4.79 Å². The number of allylic oxidation sites excluding steroid dienone is 1. The minimum absolute atomic E-state index is 0.00352. The molecule has 4 heteroatoms. The van der Waals surface area contributed by atoms with Gasteiger partial charge >= 0.3 is 6.09 Å². The molecule has 8 atom stereocenters. The molecule has 3 saturated carbocycles. The van der Waals surface area contributed by atoms with Crippen LogP contribution in [0.1, 0.15) is 111 Å². The summed E-state index contributed by atoms with van der Waals surface area (Å²) < 4.78 is 5.94. The fourth-order valence-corrected chi connectivity index (χ4v) is 9.94. The molecular formula is C36H56N2O2. The van der Waals surface area contributed by atoms with Crippen LogP contribution in [-0.2, 0) is 11.2 Å². The highest BCUT2D eigenvalue weighted by Gasteiger charge is 2.59. The molecule has 0 heterocycles. The molecule has 0 saturated heterocycles. The molecule has 222 valence electrons. The third-order valence-electron chi connectivity index (χ3n) is 12.2. The summed E-state index contributed by atoms with van der Waals surface area (Å²) in [5, 5.41) is 2.97. The number of nitrogens with two attached hydrogens (primary N) is 1. The first kappa shape index (κ1) is 29.5. The molecule has 4 nitrogen and oxygen atoms in total. The second-order valence-corrected chi connectivity index (χ2v) is 15.0. The van der Waals surface area contributed by atoms with E-state index in [-0.39, 0.29) is 17.6 Å². The van der Waals surface area contributed by atoms with Crippen LogP contribution in [0.4, 0.5) is 10.5 Å². The number of nitrogen functional groups attached to an aromatic ring is 1. The first-order chi connectivity index (χ1) is 19.1. The van der Waals surface area contributed by atoms with Gasteiger partial charge in [0.15, 0.2) is 0 Å². The summed E-state index contributed by atoms with van der Waals surface area (Å²) in [5.41, 5.74) is 10.1. The fourth-order valence-electron chi connectivity index (χ4n) is 9.94. The summed E-state index contributed by atoms with van der Waals surface area (Å²) in [6.45, 7) is 13.1. The first-order valence-electron chi connectivity index (χ1n) is 16.6. The number of carbonyl (C=O) groups is 1. The molecule has 6 unspecified atom stereocenters. The van der Waals surface area contributed by atoms with Crippen LogP contribution in [-0.4, -0.2) is 18.7 Å². The Morgan fingerprint density at radius 2 is 1.80 bits per heavy atom. The third kappa shape index (κ3) is 5.97. The predicted molar refractivity (Wildman–Crippen MR) is 166 cm³/mol. The van der Waals surface area contributed by atoms with Crippen molar-refractivity contribution in [3.8, 4) is 0 Å². The van der Waals surface area contributed by atoms with Crippen LogP contribution in [0.5, 0.6) is 0 Å². The van der Waals surface area contributed by atoms with Crippen LogP contribution >= 0.6 is 0 Å². The summed E-state index contributed by atoms with van der Waals surface area (Å²) >= 11 is 0. The van der Waals surface area contributed by atoms with E-state index in [4.69, 9.17) is 10.5 Å². The molecule has 0 aliphatic heterocycles. The number of nitrogens with one attached hydrogen (secondary N) is 1. The van der Waals surface area contributed by atoms with Crippen molar-refractivity contribution < 1.29 is 9.53 Å². The van der Waals surface area contributed by atoms with Crippen LogP contribution in [0.15, 0.2) is 35.9 Å². The van der Waals surface area contributed by atoms with Gasteiger partial charge in [0, 0.05) is 18.7 Å². The highest BCUT2D eigenvalue weighted by atomic mass is 16.6. The lowest BCUT2D eigenvalue weighted by Gasteiger charge is -2.58. The van der Waals surface area contributed by atoms with Crippen molar-refractivity contribution >= 4 is 11.8 Å². The molecule has 0 radical (unpaired) electrons. The molecule has 3 fully saturated rings. The number of anilines is 1. The second-order valence-electron chi connectivity index (χ2n) is 15.0. The number of ether oxygens (including phenoxy) is 1. The zero-order valence-electron chi connectivity index (χ0n) is 26.0. The van der Waals surface area contributed by atoms with Crippen LogP contribution < -0.4 is 11.1 Å². The lowest BCUT2D eigenvalue weighted by atomic mass is 9.47. The minimum atomic E-state index is -0.272. The van der Waals surface area contributed by atoms with Crippen LogP contribution in [0.25, 0.3) is 0 Å². The molecule has 3 N–H and O–H groups in total. The molecule has 1 aromatic carbocycles. The molecule has 4 aliphatic carbocycles. The number of hydrogen-bond acceptors (Lipinski definition) is 3. The Kier molecular flexibility index (Phi) is 8.93. The lowest BCUT2D eigenvalue weighted by Crippen LogP contribution is -2.51. The summed E-state index contributed by atoms with van der Waals surface area (Å²) in [7, 11) is 0. The summed E-state index contributed by atoms with van der Waals surface area (Å²) in [6, 6.07) is 7.84. The van der Waals surface area contributed by atoms with Crippen LogP contribution in [0, 0.1) is 46.3 Å². The van der Waals surface area contributed by atoms with E-state index in [1.54, 1.807) is 5.57 Å². The molecule has 1 aromatic rings. The van der Waals surface area contributed by atoms with Crippen molar-refractivity contribution in [1.29, 1.82) is 0 Å². The zero-order valence-corrected chi connectivity index (χ0v) is 26.0. The number of benzene rings is 1. The third-order valence-corrected chi connectivity index (χ3v) is 12.2. The van der Waals surface area contributed by atoms with Gasteiger partial charge in [-0.2, -0.15) is 0 Å². The van der Waals surface area contributed by atoms with E-state index in [2.05, 4.69) is 46.0 Å².